The molecule has 0 N–H and O–H groups in total. The number of hydrogen-bond donors (Lipinski definition) is 0. The van der Waals surface area contributed by atoms with Gasteiger partial charge in [-0.3, -0.25) is 4.79 Å². The second-order valence-electron chi connectivity index (χ2n) is 6.13. The molecule has 0 aromatic heterocycles. The van der Waals surface area contributed by atoms with Crippen molar-refractivity contribution in [3.63, 3.8) is 0 Å². The van der Waals surface area contributed by atoms with Crippen molar-refractivity contribution in [2.75, 3.05) is 6.61 Å². The minimum absolute atomic E-state index is 0.00994. The summed E-state index contributed by atoms with van der Waals surface area (Å²) in [7, 11) is 0. The number of rotatable bonds is 5. The first-order valence-electron chi connectivity index (χ1n) is 8.46. The molecular weight excluding hydrogens is 392 g/mol. The van der Waals surface area contributed by atoms with Gasteiger partial charge >= 0.3 is 18.3 Å². The second-order valence-corrected chi connectivity index (χ2v) is 6.13. The van der Waals surface area contributed by atoms with Crippen LogP contribution < -0.4 is 0 Å². The van der Waals surface area contributed by atoms with E-state index >= 15 is 0 Å². The average molecular weight is 411 g/mol. The van der Waals surface area contributed by atoms with E-state index in [-0.39, 0.29) is 13.0 Å². The van der Waals surface area contributed by atoms with Crippen LogP contribution in [-0.2, 0) is 14.3 Å². The smallest absolute Gasteiger partial charge is 0.460 e. The van der Waals surface area contributed by atoms with Crippen LogP contribution in [0.3, 0.4) is 0 Å². The van der Waals surface area contributed by atoms with Crippen LogP contribution in [0.15, 0.2) is 42.2 Å². The van der Waals surface area contributed by atoms with Gasteiger partial charge in [0.05, 0.1) is 12.1 Å². The number of hydrogen-bond acceptors (Lipinski definition) is 3. The summed E-state index contributed by atoms with van der Waals surface area (Å²) in [5.74, 6) is -3.72. The highest BCUT2D eigenvalue weighted by Gasteiger charge is 2.49. The van der Waals surface area contributed by atoms with E-state index in [1.54, 1.807) is 18.2 Å². The topological polar surface area (TPSA) is 38.8 Å². The standard InChI is InChI=1S/C18H19F6NO3/c1-3-27-15-10-13(9-14(28-15)17(19,20)21)25(16(26)18(22,23)24)11(2)12-7-5-4-6-8-12/h4-9,11,13,15H,3,10H2,1-2H3/t11-,13+,15+/m1/s1. The normalized spacial score (nSPS) is 21.5. The molecule has 28 heavy (non-hydrogen) atoms. The Bertz CT molecular complexity index is 702. The van der Waals surface area contributed by atoms with E-state index in [0.717, 1.165) is 0 Å². The van der Waals surface area contributed by atoms with Crippen LogP contribution in [0.5, 0.6) is 0 Å². The number of alkyl halides is 6. The minimum Gasteiger partial charge on any atom is -0.460 e. The maximum Gasteiger partial charge on any atom is 0.471 e. The number of ether oxygens (including phenoxy) is 2. The summed E-state index contributed by atoms with van der Waals surface area (Å²) >= 11 is 0. The minimum atomic E-state index is -5.26. The van der Waals surface area contributed by atoms with Crippen LogP contribution in [0.1, 0.15) is 31.9 Å². The molecule has 0 spiro atoms. The highest BCUT2D eigenvalue weighted by atomic mass is 19.4. The third-order valence-corrected chi connectivity index (χ3v) is 4.20. The Morgan fingerprint density at radius 1 is 1.21 bits per heavy atom. The first-order chi connectivity index (χ1) is 12.9. The van der Waals surface area contributed by atoms with Crippen molar-refractivity contribution < 1.29 is 40.6 Å². The summed E-state index contributed by atoms with van der Waals surface area (Å²) in [5.41, 5.74) is 0.349. The largest absolute Gasteiger partial charge is 0.471 e. The van der Waals surface area contributed by atoms with E-state index in [4.69, 9.17) is 9.47 Å². The molecule has 0 fully saturated rings. The monoisotopic (exact) mass is 411 g/mol. The molecule has 0 unspecified atom stereocenters. The van der Waals surface area contributed by atoms with Gasteiger partial charge < -0.3 is 14.4 Å². The van der Waals surface area contributed by atoms with Gasteiger partial charge in [0.15, 0.2) is 0 Å². The average Bonchev–Trinajstić information content (AvgIpc) is 2.61. The van der Waals surface area contributed by atoms with Crippen LogP contribution >= 0.6 is 0 Å². The Labute approximate surface area is 157 Å². The van der Waals surface area contributed by atoms with Crippen LogP contribution in [0.2, 0.25) is 0 Å². The number of carbonyl (C=O) groups is 1. The molecule has 156 valence electrons. The predicted molar refractivity (Wildman–Crippen MR) is 86.8 cm³/mol. The van der Waals surface area contributed by atoms with Gasteiger partial charge in [0, 0.05) is 13.0 Å². The molecule has 0 bridgehead atoms. The van der Waals surface area contributed by atoms with E-state index in [9.17, 15) is 31.1 Å². The maximum absolute atomic E-state index is 13.2. The molecule has 1 amide bonds. The summed E-state index contributed by atoms with van der Waals surface area (Å²) in [4.78, 5) is 12.5. The van der Waals surface area contributed by atoms with Crippen LogP contribution in [0, 0.1) is 0 Å². The number of carbonyl (C=O) groups excluding carboxylic acids is 1. The van der Waals surface area contributed by atoms with Crippen LogP contribution in [0.4, 0.5) is 26.3 Å². The summed E-state index contributed by atoms with van der Waals surface area (Å²) in [6.07, 6.45) is -11.5. The summed E-state index contributed by atoms with van der Waals surface area (Å²) in [6.45, 7) is 2.82. The zero-order chi connectivity index (χ0) is 21.1. The van der Waals surface area contributed by atoms with Crippen molar-refractivity contribution in [2.45, 2.75) is 51.0 Å². The molecule has 1 aliphatic rings. The fraction of sp³-hybridized carbons (Fsp3) is 0.500. The Morgan fingerprint density at radius 3 is 2.32 bits per heavy atom. The lowest BCUT2D eigenvalue weighted by Gasteiger charge is -2.40. The lowest BCUT2D eigenvalue weighted by Crippen LogP contribution is -2.50. The first kappa shape index (κ1) is 22.1. The molecular formula is C18H19F6NO3. The summed E-state index contributed by atoms with van der Waals surface area (Å²) < 4.78 is 88.9. The van der Waals surface area contributed by atoms with Gasteiger partial charge in [-0.05, 0) is 25.5 Å². The van der Waals surface area contributed by atoms with Crippen molar-refractivity contribution >= 4 is 5.91 Å². The van der Waals surface area contributed by atoms with Gasteiger partial charge in [-0.2, -0.15) is 26.3 Å². The summed E-state index contributed by atoms with van der Waals surface area (Å²) in [6, 6.07) is 5.09. The van der Waals surface area contributed by atoms with E-state index in [1.165, 1.54) is 26.0 Å². The van der Waals surface area contributed by atoms with E-state index in [1.807, 2.05) is 0 Å². The fourth-order valence-corrected chi connectivity index (χ4v) is 2.96. The maximum atomic E-state index is 13.2. The molecule has 1 aromatic rings. The van der Waals surface area contributed by atoms with Crippen molar-refractivity contribution in [2.24, 2.45) is 0 Å². The molecule has 0 radical (unpaired) electrons. The molecule has 2 rings (SSSR count). The highest BCUT2D eigenvalue weighted by molar-refractivity contribution is 5.83. The van der Waals surface area contributed by atoms with Crippen LogP contribution in [-0.4, -0.2) is 42.1 Å². The Morgan fingerprint density at radius 2 is 1.82 bits per heavy atom. The molecule has 4 nitrogen and oxygen atoms in total. The Kier molecular flexibility index (Phi) is 6.63. The molecule has 0 saturated carbocycles. The van der Waals surface area contributed by atoms with Crippen molar-refractivity contribution in [3.05, 3.63) is 47.7 Å². The molecule has 0 saturated heterocycles. The Balaban J connectivity index is 2.49. The molecule has 10 heteroatoms. The van der Waals surface area contributed by atoms with E-state index in [0.29, 0.717) is 16.5 Å². The highest BCUT2D eigenvalue weighted by Crippen LogP contribution is 2.37. The van der Waals surface area contributed by atoms with Gasteiger partial charge in [0.25, 0.3) is 0 Å². The van der Waals surface area contributed by atoms with Gasteiger partial charge in [-0.15, -0.1) is 0 Å². The number of benzene rings is 1. The van der Waals surface area contributed by atoms with Crippen molar-refractivity contribution in [1.29, 1.82) is 0 Å². The fourth-order valence-electron chi connectivity index (χ4n) is 2.96. The van der Waals surface area contributed by atoms with Gasteiger partial charge in [0.2, 0.25) is 12.0 Å². The molecule has 1 aromatic carbocycles. The molecule has 1 aliphatic heterocycles. The second kappa shape index (κ2) is 8.42. The first-order valence-corrected chi connectivity index (χ1v) is 8.46. The van der Waals surface area contributed by atoms with E-state index < -0.39 is 42.4 Å². The molecule has 0 aliphatic carbocycles. The van der Waals surface area contributed by atoms with Crippen LogP contribution in [0.25, 0.3) is 0 Å². The quantitative estimate of drug-likeness (QED) is 0.658. The van der Waals surface area contributed by atoms with E-state index in [2.05, 4.69) is 0 Å². The summed E-state index contributed by atoms with van der Waals surface area (Å²) in [5, 5.41) is 0. The SMILES string of the molecule is CCO[C@@H]1C[C@@H](N(C(=O)C(F)(F)F)[C@H](C)c2ccccc2)C=C(C(F)(F)F)O1. The number of allylic oxidation sites excluding steroid dienone is 1. The zero-order valence-corrected chi connectivity index (χ0v) is 15.1. The Hall–Kier alpha value is -2.23. The lowest BCUT2D eigenvalue weighted by molar-refractivity contribution is -0.207. The van der Waals surface area contributed by atoms with Crippen molar-refractivity contribution in [3.8, 4) is 0 Å². The van der Waals surface area contributed by atoms with Gasteiger partial charge in [-0.1, -0.05) is 30.3 Å². The third kappa shape index (κ3) is 5.18. The predicted octanol–water partition coefficient (Wildman–Crippen LogP) is 4.74. The number of nitrogens with zero attached hydrogens (tertiary/aromatic N) is 1. The lowest BCUT2D eigenvalue weighted by atomic mass is 10.0. The number of halogens is 6. The third-order valence-electron chi connectivity index (χ3n) is 4.20. The van der Waals surface area contributed by atoms with Gasteiger partial charge in [-0.25, -0.2) is 0 Å². The molecule has 3 atom stereocenters. The number of amides is 1. The van der Waals surface area contributed by atoms with Gasteiger partial charge in [0.1, 0.15) is 0 Å². The molecule has 1 heterocycles. The zero-order valence-electron chi connectivity index (χ0n) is 15.1. The van der Waals surface area contributed by atoms with Crippen molar-refractivity contribution in [1.82, 2.24) is 4.90 Å².